The van der Waals surface area contributed by atoms with Crippen LogP contribution in [0, 0.1) is 18.8 Å². The van der Waals surface area contributed by atoms with Crippen LogP contribution in [-0.2, 0) is 0 Å². The number of hydrogen-bond acceptors (Lipinski definition) is 1. The number of phenolic OH excluding ortho intramolecular Hbond substituents is 1. The fraction of sp³-hybridized carbons (Fsp3) is 0.429. The van der Waals surface area contributed by atoms with E-state index in [1.165, 1.54) is 18.4 Å². The molecule has 1 heteroatoms. The van der Waals surface area contributed by atoms with E-state index in [4.69, 9.17) is 0 Å². The number of phenols is 1. The van der Waals surface area contributed by atoms with E-state index in [2.05, 4.69) is 19.1 Å². The van der Waals surface area contributed by atoms with Crippen molar-refractivity contribution in [1.29, 1.82) is 0 Å². The topological polar surface area (TPSA) is 20.2 Å². The normalized spacial score (nSPS) is 24.7. The SMILES string of the molecule is CCC1CC1C=Cc1ccc(O)c(C)c1. The number of benzene rings is 1. The van der Waals surface area contributed by atoms with Crippen LogP contribution < -0.4 is 0 Å². The highest BCUT2D eigenvalue weighted by atomic mass is 16.3. The summed E-state index contributed by atoms with van der Waals surface area (Å²) in [5, 5.41) is 9.39. The lowest BCUT2D eigenvalue weighted by Gasteiger charge is -1.99. The highest BCUT2D eigenvalue weighted by molar-refractivity contribution is 5.53. The minimum Gasteiger partial charge on any atom is -0.508 e. The van der Waals surface area contributed by atoms with Gasteiger partial charge in [0.1, 0.15) is 5.75 Å². The van der Waals surface area contributed by atoms with Gasteiger partial charge in [0.05, 0.1) is 0 Å². The van der Waals surface area contributed by atoms with Crippen LogP contribution in [-0.4, -0.2) is 5.11 Å². The summed E-state index contributed by atoms with van der Waals surface area (Å²) >= 11 is 0. The Morgan fingerprint density at radius 3 is 2.87 bits per heavy atom. The molecular formula is C14H18O. The van der Waals surface area contributed by atoms with Crippen molar-refractivity contribution in [2.75, 3.05) is 0 Å². The van der Waals surface area contributed by atoms with Gasteiger partial charge in [0.15, 0.2) is 0 Å². The molecule has 0 aromatic heterocycles. The van der Waals surface area contributed by atoms with Gasteiger partial charge < -0.3 is 5.11 Å². The molecule has 1 aliphatic carbocycles. The average molecular weight is 202 g/mol. The van der Waals surface area contributed by atoms with Gasteiger partial charge >= 0.3 is 0 Å². The van der Waals surface area contributed by atoms with Gasteiger partial charge in [0.2, 0.25) is 0 Å². The molecular weight excluding hydrogens is 184 g/mol. The molecule has 1 nitrogen and oxygen atoms in total. The minimum atomic E-state index is 0.380. The summed E-state index contributed by atoms with van der Waals surface area (Å²) in [7, 11) is 0. The molecule has 2 rings (SSSR count). The lowest BCUT2D eigenvalue weighted by molar-refractivity contribution is 0.471. The van der Waals surface area contributed by atoms with Gasteiger partial charge in [-0.1, -0.05) is 31.6 Å². The van der Waals surface area contributed by atoms with E-state index >= 15 is 0 Å². The third kappa shape index (κ3) is 2.41. The fourth-order valence-electron chi connectivity index (χ4n) is 1.99. The number of hydrogen-bond donors (Lipinski definition) is 1. The van der Waals surface area contributed by atoms with E-state index in [0.29, 0.717) is 5.75 Å². The lowest BCUT2D eigenvalue weighted by Crippen LogP contribution is -1.78. The molecule has 0 bridgehead atoms. The molecule has 1 aromatic rings. The summed E-state index contributed by atoms with van der Waals surface area (Å²) < 4.78 is 0. The minimum absolute atomic E-state index is 0.380. The van der Waals surface area contributed by atoms with Crippen molar-refractivity contribution in [3.05, 3.63) is 35.4 Å². The van der Waals surface area contributed by atoms with E-state index in [-0.39, 0.29) is 0 Å². The molecule has 0 spiro atoms. The predicted molar refractivity (Wildman–Crippen MR) is 63.8 cm³/mol. The highest BCUT2D eigenvalue weighted by Crippen LogP contribution is 2.42. The molecule has 2 unspecified atom stereocenters. The first-order chi connectivity index (χ1) is 7.20. The van der Waals surface area contributed by atoms with Gasteiger partial charge in [-0.05, 0) is 48.4 Å². The lowest BCUT2D eigenvalue weighted by atomic mass is 10.1. The van der Waals surface area contributed by atoms with Crippen molar-refractivity contribution in [3.63, 3.8) is 0 Å². The Morgan fingerprint density at radius 2 is 2.27 bits per heavy atom. The van der Waals surface area contributed by atoms with E-state index in [0.717, 1.165) is 17.4 Å². The number of aromatic hydroxyl groups is 1. The van der Waals surface area contributed by atoms with E-state index < -0.39 is 0 Å². The maximum Gasteiger partial charge on any atom is 0.118 e. The second kappa shape index (κ2) is 4.09. The first kappa shape index (κ1) is 10.3. The molecule has 1 fully saturated rings. The van der Waals surface area contributed by atoms with E-state index in [1.807, 2.05) is 19.1 Å². The molecule has 0 radical (unpaired) electrons. The maximum atomic E-state index is 9.39. The van der Waals surface area contributed by atoms with Crippen LogP contribution >= 0.6 is 0 Å². The molecule has 1 aromatic carbocycles. The molecule has 1 aliphatic rings. The van der Waals surface area contributed by atoms with Crippen molar-refractivity contribution >= 4 is 6.08 Å². The Kier molecular flexibility index (Phi) is 2.81. The molecule has 0 heterocycles. The van der Waals surface area contributed by atoms with Gasteiger partial charge in [-0.15, -0.1) is 0 Å². The van der Waals surface area contributed by atoms with Crippen LogP contribution in [0.5, 0.6) is 5.75 Å². The summed E-state index contributed by atoms with van der Waals surface area (Å²) in [6, 6.07) is 5.75. The third-order valence-electron chi connectivity index (χ3n) is 3.26. The molecule has 0 aliphatic heterocycles. The summed E-state index contributed by atoms with van der Waals surface area (Å²) in [6.45, 7) is 4.18. The first-order valence-electron chi connectivity index (χ1n) is 5.68. The Labute approximate surface area is 91.4 Å². The van der Waals surface area contributed by atoms with Gasteiger partial charge in [0, 0.05) is 0 Å². The maximum absolute atomic E-state index is 9.39. The summed E-state index contributed by atoms with van der Waals surface area (Å²) in [5.74, 6) is 2.09. The number of aryl methyl sites for hydroxylation is 1. The Morgan fingerprint density at radius 1 is 1.47 bits per heavy atom. The second-order valence-corrected chi connectivity index (χ2v) is 4.47. The van der Waals surface area contributed by atoms with E-state index in [9.17, 15) is 5.11 Å². The van der Waals surface area contributed by atoms with Gasteiger partial charge in [0.25, 0.3) is 0 Å². The molecule has 0 amide bonds. The van der Waals surface area contributed by atoms with Crippen LogP contribution in [0.3, 0.4) is 0 Å². The Hall–Kier alpha value is -1.24. The quantitative estimate of drug-likeness (QED) is 0.791. The van der Waals surface area contributed by atoms with Crippen molar-refractivity contribution in [2.24, 2.45) is 11.8 Å². The van der Waals surface area contributed by atoms with Crippen LogP contribution in [0.4, 0.5) is 0 Å². The second-order valence-electron chi connectivity index (χ2n) is 4.47. The van der Waals surface area contributed by atoms with Gasteiger partial charge in [-0.2, -0.15) is 0 Å². The zero-order valence-corrected chi connectivity index (χ0v) is 9.40. The predicted octanol–water partition coefficient (Wildman–Crippen LogP) is 3.76. The van der Waals surface area contributed by atoms with Crippen molar-refractivity contribution in [1.82, 2.24) is 0 Å². The molecule has 1 saturated carbocycles. The van der Waals surface area contributed by atoms with E-state index in [1.54, 1.807) is 6.07 Å². The van der Waals surface area contributed by atoms with Crippen molar-refractivity contribution < 1.29 is 5.11 Å². The highest BCUT2D eigenvalue weighted by Gasteiger charge is 2.32. The van der Waals surface area contributed by atoms with Gasteiger partial charge in [-0.3, -0.25) is 0 Å². The average Bonchev–Trinajstić information content (AvgIpc) is 2.98. The molecule has 15 heavy (non-hydrogen) atoms. The third-order valence-corrected chi connectivity index (χ3v) is 3.26. The first-order valence-corrected chi connectivity index (χ1v) is 5.68. The Bertz CT molecular complexity index is 379. The van der Waals surface area contributed by atoms with Crippen molar-refractivity contribution in [3.8, 4) is 5.75 Å². The molecule has 2 atom stereocenters. The number of rotatable bonds is 3. The molecule has 80 valence electrons. The van der Waals surface area contributed by atoms with Crippen molar-refractivity contribution in [2.45, 2.75) is 26.7 Å². The fourth-order valence-corrected chi connectivity index (χ4v) is 1.99. The van der Waals surface area contributed by atoms with Crippen LogP contribution in [0.15, 0.2) is 24.3 Å². The zero-order chi connectivity index (χ0) is 10.8. The summed E-state index contributed by atoms with van der Waals surface area (Å²) in [4.78, 5) is 0. The number of allylic oxidation sites excluding steroid dienone is 1. The van der Waals surface area contributed by atoms with Crippen LogP contribution in [0.2, 0.25) is 0 Å². The summed E-state index contributed by atoms with van der Waals surface area (Å²) in [5.41, 5.74) is 2.13. The van der Waals surface area contributed by atoms with Gasteiger partial charge in [-0.25, -0.2) is 0 Å². The Balaban J connectivity index is 2.02. The largest absolute Gasteiger partial charge is 0.508 e. The van der Waals surface area contributed by atoms with Crippen LogP contribution in [0.1, 0.15) is 30.9 Å². The van der Waals surface area contributed by atoms with Crippen LogP contribution in [0.25, 0.3) is 6.08 Å². The molecule has 1 N–H and O–H groups in total. The standard InChI is InChI=1S/C14H18O/c1-3-12-9-13(12)6-4-11-5-7-14(15)10(2)8-11/h4-8,12-13,15H,3,9H2,1-2H3. The summed E-state index contributed by atoms with van der Waals surface area (Å²) in [6.07, 6.45) is 7.13. The zero-order valence-electron chi connectivity index (χ0n) is 9.40. The monoisotopic (exact) mass is 202 g/mol. The smallest absolute Gasteiger partial charge is 0.118 e. The molecule has 0 saturated heterocycles.